The van der Waals surface area contributed by atoms with E-state index in [2.05, 4.69) is 34.8 Å². The fourth-order valence-corrected chi connectivity index (χ4v) is 1.79. The van der Waals surface area contributed by atoms with Gasteiger partial charge < -0.3 is 16.0 Å². The number of carbonyl (C=O) groups is 1. The molecule has 0 aromatic heterocycles. The van der Waals surface area contributed by atoms with Crippen molar-refractivity contribution in [3.63, 3.8) is 0 Å². The van der Waals surface area contributed by atoms with Crippen LogP contribution >= 0.6 is 24.0 Å². The Morgan fingerprint density at radius 2 is 1.95 bits per heavy atom. The van der Waals surface area contributed by atoms with Gasteiger partial charge in [0.1, 0.15) is 0 Å². The molecule has 1 aromatic rings. The van der Waals surface area contributed by atoms with Gasteiger partial charge in [-0.2, -0.15) is 0 Å². The number of benzene rings is 1. The van der Waals surface area contributed by atoms with Crippen LogP contribution in [0.2, 0.25) is 0 Å². The maximum absolute atomic E-state index is 11.8. The molecule has 5 nitrogen and oxygen atoms in total. The largest absolute Gasteiger partial charge is 0.356 e. The average Bonchev–Trinajstić information content (AvgIpc) is 2.47. The number of nitrogens with zero attached hydrogens (tertiary/aromatic N) is 1. The van der Waals surface area contributed by atoms with Gasteiger partial charge in [0, 0.05) is 32.2 Å². The number of guanidine groups is 1. The summed E-state index contributed by atoms with van der Waals surface area (Å²) in [6.07, 6.45) is 0. The first-order valence-corrected chi connectivity index (χ1v) is 7.38. The van der Waals surface area contributed by atoms with Gasteiger partial charge in [0.15, 0.2) is 5.96 Å². The topological polar surface area (TPSA) is 65.5 Å². The second-order valence-electron chi connectivity index (χ2n) is 5.26. The molecule has 0 fully saturated rings. The van der Waals surface area contributed by atoms with Gasteiger partial charge in [-0.05, 0) is 30.5 Å². The smallest absolute Gasteiger partial charge is 0.251 e. The van der Waals surface area contributed by atoms with Crippen LogP contribution in [-0.2, 0) is 6.54 Å². The van der Waals surface area contributed by atoms with Crippen molar-refractivity contribution in [1.82, 2.24) is 16.0 Å². The van der Waals surface area contributed by atoms with Crippen LogP contribution in [0.15, 0.2) is 29.3 Å². The van der Waals surface area contributed by atoms with E-state index in [9.17, 15) is 4.79 Å². The Balaban J connectivity index is 0.00000441. The molecule has 3 N–H and O–H groups in total. The predicted molar refractivity (Wildman–Crippen MR) is 103 cm³/mol. The monoisotopic (exact) mass is 418 g/mol. The SMILES string of the molecule is CCNC(=O)c1cccc(CNC(=NC)NCC(C)C)c1.I. The molecular formula is C16H27IN4O. The van der Waals surface area contributed by atoms with Crippen LogP contribution in [0.5, 0.6) is 0 Å². The fourth-order valence-electron chi connectivity index (χ4n) is 1.79. The number of amides is 1. The maximum Gasteiger partial charge on any atom is 0.251 e. The van der Waals surface area contributed by atoms with E-state index in [4.69, 9.17) is 0 Å². The Labute approximate surface area is 150 Å². The molecule has 0 atom stereocenters. The summed E-state index contributed by atoms with van der Waals surface area (Å²) in [6.45, 7) is 8.34. The normalized spacial score (nSPS) is 10.9. The Hall–Kier alpha value is -1.31. The predicted octanol–water partition coefficient (Wildman–Crippen LogP) is 2.38. The van der Waals surface area contributed by atoms with E-state index in [1.807, 2.05) is 31.2 Å². The van der Waals surface area contributed by atoms with E-state index >= 15 is 0 Å². The third kappa shape index (κ3) is 7.63. The van der Waals surface area contributed by atoms with Gasteiger partial charge >= 0.3 is 0 Å². The summed E-state index contributed by atoms with van der Waals surface area (Å²) in [5, 5.41) is 9.31. The highest BCUT2D eigenvalue weighted by Gasteiger charge is 2.05. The molecule has 0 saturated carbocycles. The van der Waals surface area contributed by atoms with E-state index in [1.165, 1.54) is 0 Å². The van der Waals surface area contributed by atoms with Crippen LogP contribution in [0.1, 0.15) is 36.7 Å². The quantitative estimate of drug-likeness (QED) is 0.378. The van der Waals surface area contributed by atoms with Crippen molar-refractivity contribution >= 4 is 35.8 Å². The number of carbonyl (C=O) groups excluding carboxylic acids is 1. The molecule has 1 amide bonds. The number of hydrogen-bond donors (Lipinski definition) is 3. The highest BCUT2D eigenvalue weighted by atomic mass is 127. The standard InChI is InChI=1S/C16H26N4O.HI/c1-5-18-15(21)14-8-6-7-13(9-14)11-20-16(17-4)19-10-12(2)3;/h6-9,12H,5,10-11H2,1-4H3,(H,18,21)(H2,17,19,20);1H. The van der Waals surface area contributed by atoms with Gasteiger partial charge in [-0.15, -0.1) is 24.0 Å². The van der Waals surface area contributed by atoms with Crippen molar-refractivity contribution in [3.8, 4) is 0 Å². The van der Waals surface area contributed by atoms with E-state index in [0.717, 1.165) is 18.1 Å². The summed E-state index contributed by atoms with van der Waals surface area (Å²) in [5.74, 6) is 1.29. The lowest BCUT2D eigenvalue weighted by molar-refractivity contribution is 0.0955. The lowest BCUT2D eigenvalue weighted by Crippen LogP contribution is -2.38. The first-order valence-electron chi connectivity index (χ1n) is 7.38. The first-order chi connectivity index (χ1) is 10.1. The van der Waals surface area contributed by atoms with Gasteiger partial charge in [0.05, 0.1) is 0 Å². The van der Waals surface area contributed by atoms with Gasteiger partial charge in [0.25, 0.3) is 5.91 Å². The lowest BCUT2D eigenvalue weighted by atomic mass is 10.1. The molecule has 0 unspecified atom stereocenters. The summed E-state index contributed by atoms with van der Waals surface area (Å²) >= 11 is 0. The Morgan fingerprint density at radius 3 is 2.55 bits per heavy atom. The van der Waals surface area contributed by atoms with Crippen LogP contribution in [0.25, 0.3) is 0 Å². The van der Waals surface area contributed by atoms with Crippen molar-refractivity contribution in [2.75, 3.05) is 20.1 Å². The first kappa shape index (κ1) is 20.7. The molecule has 0 heterocycles. The zero-order valence-electron chi connectivity index (χ0n) is 13.8. The van der Waals surface area contributed by atoms with E-state index in [0.29, 0.717) is 24.6 Å². The minimum atomic E-state index is -0.0401. The maximum atomic E-state index is 11.8. The van der Waals surface area contributed by atoms with E-state index in [1.54, 1.807) is 7.05 Å². The highest BCUT2D eigenvalue weighted by Crippen LogP contribution is 2.05. The summed E-state index contributed by atoms with van der Waals surface area (Å²) in [5.41, 5.74) is 1.73. The second-order valence-corrected chi connectivity index (χ2v) is 5.26. The molecule has 0 radical (unpaired) electrons. The molecule has 0 aliphatic rings. The molecular weight excluding hydrogens is 391 g/mol. The zero-order valence-corrected chi connectivity index (χ0v) is 16.1. The van der Waals surface area contributed by atoms with Crippen molar-refractivity contribution in [3.05, 3.63) is 35.4 Å². The van der Waals surface area contributed by atoms with Crippen molar-refractivity contribution in [2.45, 2.75) is 27.3 Å². The number of nitrogens with one attached hydrogen (secondary N) is 3. The fraction of sp³-hybridized carbons (Fsp3) is 0.500. The lowest BCUT2D eigenvalue weighted by Gasteiger charge is -2.13. The average molecular weight is 418 g/mol. The number of aliphatic imine (C=N–C) groups is 1. The minimum absolute atomic E-state index is 0. The highest BCUT2D eigenvalue weighted by molar-refractivity contribution is 14.0. The minimum Gasteiger partial charge on any atom is -0.356 e. The van der Waals surface area contributed by atoms with Gasteiger partial charge in [-0.1, -0.05) is 26.0 Å². The molecule has 0 aliphatic heterocycles. The van der Waals surface area contributed by atoms with Gasteiger partial charge in [-0.3, -0.25) is 9.79 Å². The van der Waals surface area contributed by atoms with Crippen molar-refractivity contribution in [1.29, 1.82) is 0 Å². The van der Waals surface area contributed by atoms with Crippen LogP contribution in [-0.4, -0.2) is 32.0 Å². The van der Waals surface area contributed by atoms with Crippen LogP contribution < -0.4 is 16.0 Å². The van der Waals surface area contributed by atoms with Gasteiger partial charge in [0.2, 0.25) is 0 Å². The third-order valence-corrected chi connectivity index (χ3v) is 2.89. The number of rotatable bonds is 6. The summed E-state index contributed by atoms with van der Waals surface area (Å²) in [7, 11) is 1.75. The Kier molecular flexibility index (Phi) is 10.6. The number of halogens is 1. The van der Waals surface area contributed by atoms with E-state index < -0.39 is 0 Å². The Bertz CT molecular complexity index is 489. The molecule has 0 bridgehead atoms. The van der Waals surface area contributed by atoms with Crippen molar-refractivity contribution in [2.24, 2.45) is 10.9 Å². The van der Waals surface area contributed by atoms with E-state index in [-0.39, 0.29) is 29.9 Å². The molecule has 1 rings (SSSR count). The molecule has 1 aromatic carbocycles. The molecule has 6 heteroatoms. The molecule has 22 heavy (non-hydrogen) atoms. The van der Waals surface area contributed by atoms with Crippen LogP contribution in [0.4, 0.5) is 0 Å². The van der Waals surface area contributed by atoms with Gasteiger partial charge in [-0.25, -0.2) is 0 Å². The van der Waals surface area contributed by atoms with Crippen molar-refractivity contribution < 1.29 is 4.79 Å². The molecule has 124 valence electrons. The summed E-state index contributed by atoms with van der Waals surface area (Å²) < 4.78 is 0. The summed E-state index contributed by atoms with van der Waals surface area (Å²) in [4.78, 5) is 16.0. The second kappa shape index (κ2) is 11.3. The number of hydrogen-bond acceptors (Lipinski definition) is 2. The van der Waals surface area contributed by atoms with Crippen LogP contribution in [0, 0.1) is 5.92 Å². The third-order valence-electron chi connectivity index (χ3n) is 2.89. The molecule has 0 saturated heterocycles. The van der Waals surface area contributed by atoms with Crippen LogP contribution in [0.3, 0.4) is 0 Å². The summed E-state index contributed by atoms with van der Waals surface area (Å²) in [6, 6.07) is 7.60. The molecule has 0 spiro atoms. The Morgan fingerprint density at radius 1 is 1.23 bits per heavy atom. The zero-order chi connectivity index (χ0) is 15.7. The molecule has 0 aliphatic carbocycles.